The van der Waals surface area contributed by atoms with Crippen LogP contribution in [0.25, 0.3) is 21.5 Å². The van der Waals surface area contributed by atoms with Gasteiger partial charge in [0, 0.05) is 41.6 Å². The topological polar surface area (TPSA) is 111 Å². The lowest BCUT2D eigenvalue weighted by Gasteiger charge is -2.25. The number of hydrogen-bond donors (Lipinski definition) is 1. The first-order valence-electron chi connectivity index (χ1n) is 13.9. The summed E-state index contributed by atoms with van der Waals surface area (Å²) in [6.07, 6.45) is -8.69. The number of carbonyl (C=O) groups is 3. The molecule has 3 atom stereocenters. The molecule has 1 N–H and O–H groups in total. The zero-order chi connectivity index (χ0) is 32.7. The number of likely N-dealkylation sites (tertiary alicyclic amines) is 1. The highest BCUT2D eigenvalue weighted by Gasteiger charge is 2.88. The summed E-state index contributed by atoms with van der Waals surface area (Å²) < 4.78 is 91.6. The Hall–Kier alpha value is -3.63. The Morgan fingerprint density at radius 3 is 2.58 bits per heavy atom. The van der Waals surface area contributed by atoms with Crippen LogP contribution < -0.4 is 5.32 Å². The van der Waals surface area contributed by atoms with Crippen LogP contribution in [0.2, 0.25) is 0 Å². The summed E-state index contributed by atoms with van der Waals surface area (Å²) in [6, 6.07) is 4.07. The number of hydrogen-bond acceptors (Lipinski definition) is 9. The summed E-state index contributed by atoms with van der Waals surface area (Å²) in [5.41, 5.74) is -2.97. The number of aryl methyl sites for hydroxylation is 1. The van der Waals surface area contributed by atoms with E-state index in [1.807, 2.05) is 0 Å². The number of ether oxygens (including phenoxy) is 2. The van der Waals surface area contributed by atoms with E-state index in [0.717, 1.165) is 22.3 Å². The van der Waals surface area contributed by atoms with Crippen molar-refractivity contribution in [2.45, 2.75) is 57.8 Å². The average molecular weight is 657 g/mol. The molecule has 5 heterocycles. The van der Waals surface area contributed by atoms with Gasteiger partial charge in [-0.1, -0.05) is 13.8 Å². The van der Waals surface area contributed by atoms with Crippen LogP contribution in [-0.4, -0.2) is 70.2 Å². The van der Waals surface area contributed by atoms with Crippen molar-refractivity contribution in [3.05, 3.63) is 46.1 Å². The van der Waals surface area contributed by atoms with E-state index in [0.29, 0.717) is 51.5 Å². The van der Waals surface area contributed by atoms with Gasteiger partial charge in [0.05, 0.1) is 41.1 Å². The minimum absolute atomic E-state index is 0.0895. The van der Waals surface area contributed by atoms with E-state index < -0.39 is 52.8 Å². The van der Waals surface area contributed by atoms with E-state index in [2.05, 4.69) is 20.0 Å². The standard InChI is InChI=1S/C29H26F6N4O5S/c1-13-8-19(28(30,31)32)38-20(17(13)9-14-11-36-6-7-43-14)16-4-5-37-18-10-15(45-21(16)18)12-39-23(40)22-26(2,3)27(22,24(39)41)44-25(42)29(33,34)35/h4-5,8,10,14,22,36H,6-7,9,11-12H2,1-3H3. The molecule has 3 aromatic rings. The number of nitrogens with zero attached hydrogens (tertiary/aromatic N) is 3. The molecular formula is C29H26F6N4O5S. The van der Waals surface area contributed by atoms with Crippen LogP contribution in [0.1, 0.15) is 35.5 Å². The predicted octanol–water partition coefficient (Wildman–Crippen LogP) is 4.59. The molecule has 2 amide bonds. The van der Waals surface area contributed by atoms with Crippen LogP contribution >= 0.6 is 11.3 Å². The van der Waals surface area contributed by atoms with Crippen molar-refractivity contribution >= 4 is 39.3 Å². The van der Waals surface area contributed by atoms with Crippen molar-refractivity contribution in [2.75, 3.05) is 19.7 Å². The molecule has 2 aliphatic heterocycles. The Morgan fingerprint density at radius 2 is 1.93 bits per heavy atom. The van der Waals surface area contributed by atoms with Crippen LogP contribution in [-0.2, 0) is 43.0 Å². The van der Waals surface area contributed by atoms with Crippen molar-refractivity contribution in [1.29, 1.82) is 0 Å². The molecule has 2 saturated heterocycles. The number of esters is 1. The second-order valence-electron chi connectivity index (χ2n) is 11.8. The number of aromatic nitrogens is 2. The SMILES string of the molecule is Cc1cc(C(F)(F)F)nc(-c2ccnc3cc(CN4C(=O)C5C(C)(C)C5(OC(=O)C(F)(F)F)C4=O)sc23)c1CC1CNCCO1. The van der Waals surface area contributed by atoms with E-state index in [9.17, 15) is 40.7 Å². The maximum Gasteiger partial charge on any atom is 0.490 e. The molecule has 3 aromatic heterocycles. The molecule has 0 bridgehead atoms. The van der Waals surface area contributed by atoms with Gasteiger partial charge in [-0.2, -0.15) is 26.3 Å². The Bertz CT molecular complexity index is 1730. The molecule has 6 rings (SSSR count). The fourth-order valence-corrected chi connectivity index (χ4v) is 7.48. The number of halogens is 6. The van der Waals surface area contributed by atoms with Gasteiger partial charge in [0.2, 0.25) is 11.5 Å². The number of imide groups is 1. The number of pyridine rings is 2. The summed E-state index contributed by atoms with van der Waals surface area (Å²) in [4.78, 5) is 47.8. The summed E-state index contributed by atoms with van der Waals surface area (Å²) >= 11 is 1.06. The Morgan fingerprint density at radius 1 is 1.20 bits per heavy atom. The van der Waals surface area contributed by atoms with Crippen LogP contribution in [0.3, 0.4) is 0 Å². The predicted molar refractivity (Wildman–Crippen MR) is 147 cm³/mol. The number of rotatable bonds is 6. The third kappa shape index (κ3) is 5.06. The quantitative estimate of drug-likeness (QED) is 0.233. The highest BCUT2D eigenvalue weighted by atomic mass is 32.1. The fourth-order valence-electron chi connectivity index (χ4n) is 6.36. The molecule has 1 saturated carbocycles. The Balaban J connectivity index is 1.36. The summed E-state index contributed by atoms with van der Waals surface area (Å²) in [5, 5.41) is 3.20. The first-order chi connectivity index (χ1) is 21.0. The van der Waals surface area contributed by atoms with E-state index in [1.54, 1.807) is 13.0 Å². The molecule has 45 heavy (non-hydrogen) atoms. The van der Waals surface area contributed by atoms with Gasteiger partial charge in [-0.05, 0) is 36.2 Å². The zero-order valence-electron chi connectivity index (χ0n) is 24.1. The Kier molecular flexibility index (Phi) is 7.28. The average Bonchev–Trinajstić information content (AvgIpc) is 3.18. The van der Waals surface area contributed by atoms with Gasteiger partial charge in [0.15, 0.2) is 0 Å². The van der Waals surface area contributed by atoms with Crippen molar-refractivity contribution in [1.82, 2.24) is 20.2 Å². The van der Waals surface area contributed by atoms with Crippen molar-refractivity contribution in [3.8, 4) is 11.3 Å². The molecule has 3 fully saturated rings. The number of thiophene rings is 1. The van der Waals surface area contributed by atoms with E-state index in [4.69, 9.17) is 4.74 Å². The van der Waals surface area contributed by atoms with Gasteiger partial charge < -0.3 is 14.8 Å². The second kappa shape index (κ2) is 10.5. The van der Waals surface area contributed by atoms with Crippen molar-refractivity contribution < 1.29 is 50.2 Å². The minimum Gasteiger partial charge on any atom is -0.441 e. The molecule has 240 valence electrons. The number of piperidine rings is 1. The summed E-state index contributed by atoms with van der Waals surface area (Å²) in [5.74, 6) is -5.71. The Labute approximate surface area is 255 Å². The fraction of sp³-hybridized carbons (Fsp3) is 0.483. The number of fused-ring (bicyclic) bond motifs is 2. The van der Waals surface area contributed by atoms with Crippen LogP contribution in [0, 0.1) is 18.3 Å². The molecule has 0 spiro atoms. The smallest absolute Gasteiger partial charge is 0.441 e. The minimum atomic E-state index is -5.36. The molecule has 0 aromatic carbocycles. The number of morpholine rings is 1. The number of amides is 2. The molecule has 9 nitrogen and oxygen atoms in total. The van der Waals surface area contributed by atoms with Gasteiger partial charge in [-0.25, -0.2) is 9.78 Å². The molecule has 3 unspecified atom stereocenters. The first kappa shape index (κ1) is 31.4. The van der Waals surface area contributed by atoms with Gasteiger partial charge >= 0.3 is 18.3 Å². The highest BCUT2D eigenvalue weighted by Crippen LogP contribution is 2.69. The van der Waals surface area contributed by atoms with Crippen molar-refractivity contribution in [3.63, 3.8) is 0 Å². The molecular weight excluding hydrogens is 630 g/mol. The van der Waals surface area contributed by atoms with E-state index >= 15 is 0 Å². The van der Waals surface area contributed by atoms with E-state index in [-0.39, 0.29) is 24.8 Å². The van der Waals surface area contributed by atoms with Gasteiger partial charge in [0.1, 0.15) is 5.69 Å². The normalized spacial score (nSPS) is 24.7. The second-order valence-corrected chi connectivity index (χ2v) is 13.0. The van der Waals surface area contributed by atoms with Gasteiger partial charge in [-0.15, -0.1) is 11.3 Å². The molecule has 0 radical (unpaired) electrons. The van der Waals surface area contributed by atoms with Gasteiger partial charge in [-0.3, -0.25) is 19.5 Å². The highest BCUT2D eigenvalue weighted by molar-refractivity contribution is 7.19. The lowest BCUT2D eigenvalue weighted by molar-refractivity contribution is -0.209. The molecule has 1 aliphatic carbocycles. The molecule has 3 aliphatic rings. The maximum atomic E-state index is 13.9. The van der Waals surface area contributed by atoms with Gasteiger partial charge in [0.25, 0.3) is 5.91 Å². The van der Waals surface area contributed by atoms with E-state index in [1.165, 1.54) is 26.1 Å². The lowest BCUT2D eigenvalue weighted by atomic mass is 9.95. The summed E-state index contributed by atoms with van der Waals surface area (Å²) in [7, 11) is 0. The number of carbonyl (C=O) groups excluding carboxylic acids is 3. The van der Waals surface area contributed by atoms with Crippen LogP contribution in [0.15, 0.2) is 24.4 Å². The van der Waals surface area contributed by atoms with Crippen molar-refractivity contribution in [2.24, 2.45) is 11.3 Å². The third-order valence-electron chi connectivity index (χ3n) is 8.67. The number of alkyl halides is 6. The third-order valence-corrected chi connectivity index (χ3v) is 9.81. The largest absolute Gasteiger partial charge is 0.490 e. The summed E-state index contributed by atoms with van der Waals surface area (Å²) in [6.45, 7) is 5.57. The number of nitrogens with one attached hydrogen (secondary N) is 1. The first-order valence-corrected chi connectivity index (χ1v) is 14.7. The maximum absolute atomic E-state index is 13.9. The zero-order valence-corrected chi connectivity index (χ0v) is 24.9. The lowest BCUT2D eigenvalue weighted by Crippen LogP contribution is -2.45. The van der Waals surface area contributed by atoms with Crippen LogP contribution in [0.5, 0.6) is 0 Å². The molecule has 16 heteroatoms. The van der Waals surface area contributed by atoms with Crippen LogP contribution in [0.4, 0.5) is 26.3 Å². The monoisotopic (exact) mass is 656 g/mol.